The van der Waals surface area contributed by atoms with Crippen molar-refractivity contribution in [1.82, 2.24) is 0 Å². The number of nitrogens with zero attached hydrogens (tertiary/aromatic N) is 1. The summed E-state index contributed by atoms with van der Waals surface area (Å²) >= 11 is 0. The van der Waals surface area contributed by atoms with E-state index in [2.05, 4.69) is 0 Å². The maximum atomic E-state index is 9.73. The maximum Gasteiger partial charge on any atom is 0.137 e. The van der Waals surface area contributed by atoms with Crippen LogP contribution in [0.5, 0.6) is 0 Å². The van der Waals surface area contributed by atoms with Crippen molar-refractivity contribution in [3.63, 3.8) is 0 Å². The van der Waals surface area contributed by atoms with Gasteiger partial charge >= 0.3 is 0 Å². The molecule has 0 unspecified atom stereocenters. The summed E-state index contributed by atoms with van der Waals surface area (Å²) in [6.07, 6.45) is 0. The van der Waals surface area contributed by atoms with Crippen molar-refractivity contribution in [2.75, 3.05) is 4.90 Å². The molecule has 3 heteroatoms. The molecule has 0 amide bonds. The quantitative estimate of drug-likeness (QED) is 0.206. The van der Waals surface area contributed by atoms with Crippen LogP contribution in [0.1, 0.15) is 31.5 Å². The molecule has 7 aromatic carbocycles. The third-order valence-electron chi connectivity index (χ3n) is 6.52. The summed E-state index contributed by atoms with van der Waals surface area (Å²) < 4.78 is 215. The van der Waals surface area contributed by atoms with Gasteiger partial charge in [-0.3, -0.25) is 0 Å². The Kier molecular flexibility index (Phi) is 1.97. The Morgan fingerprint density at radius 3 is 1.95 bits per heavy atom. The van der Waals surface area contributed by atoms with Crippen molar-refractivity contribution in [3.8, 4) is 0 Å². The number of para-hydroxylation sites is 3. The van der Waals surface area contributed by atoms with Crippen molar-refractivity contribution < 1.29 is 40.4 Å². The molecule has 9 aromatic rings. The van der Waals surface area contributed by atoms with E-state index in [-0.39, 0.29) is 10.8 Å². The Labute approximate surface area is 267 Å². The summed E-state index contributed by atoms with van der Waals surface area (Å²) in [5.41, 5.74) is -4.75. The summed E-state index contributed by atoms with van der Waals surface area (Å²) in [5, 5.41) is -3.96. The highest BCUT2D eigenvalue weighted by Gasteiger charge is 2.19. The first-order chi connectivity index (χ1) is 29.9. The predicted octanol–water partition coefficient (Wildman–Crippen LogP) is 11.3. The average molecular weight is 549 g/mol. The summed E-state index contributed by atoms with van der Waals surface area (Å²) in [5.74, 6) is 0. The summed E-state index contributed by atoms with van der Waals surface area (Å²) in [6.45, 7) is 0. The lowest BCUT2D eigenvalue weighted by Crippen LogP contribution is -2.10. The lowest BCUT2D eigenvalue weighted by molar-refractivity contribution is 0.669. The Hall–Kier alpha value is -5.54. The van der Waals surface area contributed by atoms with Crippen LogP contribution in [0.2, 0.25) is 0 Å². The molecule has 9 rings (SSSR count). The number of furan rings is 2. The van der Waals surface area contributed by atoms with E-state index in [0.717, 1.165) is 0 Å². The first-order valence-electron chi connectivity index (χ1n) is 23.5. The van der Waals surface area contributed by atoms with Gasteiger partial charge in [-0.2, -0.15) is 0 Å². The van der Waals surface area contributed by atoms with Gasteiger partial charge in [-0.1, -0.05) is 78.6 Å². The van der Waals surface area contributed by atoms with Gasteiger partial charge in [0.05, 0.1) is 42.6 Å². The van der Waals surface area contributed by atoms with Gasteiger partial charge in [0.1, 0.15) is 22.3 Å². The van der Waals surface area contributed by atoms with Gasteiger partial charge in [0, 0.05) is 27.5 Å². The summed E-state index contributed by atoms with van der Waals surface area (Å²) in [6, 6.07) is -19.6. The molecule has 0 bridgehead atoms. The monoisotopic (exact) mass is 548 g/mol. The fourth-order valence-corrected chi connectivity index (χ4v) is 4.79. The number of hydrogen-bond acceptors (Lipinski definition) is 3. The molecule has 0 atom stereocenters. The van der Waals surface area contributed by atoms with E-state index >= 15 is 0 Å². The van der Waals surface area contributed by atoms with Gasteiger partial charge in [-0.25, -0.2) is 0 Å². The molecule has 0 aliphatic carbocycles. The van der Waals surface area contributed by atoms with Crippen LogP contribution in [0, 0.1) is 0 Å². The highest BCUT2D eigenvalue weighted by molar-refractivity contribution is 6.17. The Morgan fingerprint density at radius 2 is 1.10 bits per heavy atom. The highest BCUT2D eigenvalue weighted by Crippen LogP contribution is 2.44. The van der Waals surface area contributed by atoms with Crippen molar-refractivity contribution in [2.24, 2.45) is 0 Å². The molecule has 3 nitrogen and oxygen atoms in total. The van der Waals surface area contributed by atoms with E-state index in [4.69, 9.17) is 32.1 Å². The zero-order chi connectivity index (χ0) is 46.9. The zero-order valence-corrected chi connectivity index (χ0v) is 20.3. The van der Waals surface area contributed by atoms with Gasteiger partial charge in [0.2, 0.25) is 0 Å². The molecule has 0 spiro atoms. The lowest BCUT2D eigenvalue weighted by Gasteiger charge is -2.26. The van der Waals surface area contributed by atoms with E-state index in [1.54, 1.807) is 0 Å². The van der Waals surface area contributed by atoms with Crippen LogP contribution < -0.4 is 4.90 Å². The maximum absolute atomic E-state index is 9.73. The molecule has 0 aliphatic rings. The molecule has 2 aromatic heterocycles. The minimum absolute atomic E-state index is 0.329. The van der Waals surface area contributed by atoms with E-state index in [0.29, 0.717) is 4.90 Å². The minimum Gasteiger partial charge on any atom is -0.456 e. The van der Waals surface area contributed by atoms with E-state index in [1.165, 1.54) is 0 Å². The van der Waals surface area contributed by atoms with Crippen LogP contribution in [-0.2, 0) is 0 Å². The number of anilines is 3. The van der Waals surface area contributed by atoms with Gasteiger partial charge < -0.3 is 13.7 Å². The molecule has 0 saturated carbocycles. The summed E-state index contributed by atoms with van der Waals surface area (Å²) in [4.78, 5) is 0.564. The van der Waals surface area contributed by atoms with Crippen LogP contribution in [0.4, 0.5) is 17.1 Å². The molecule has 0 saturated heterocycles. The Morgan fingerprint density at radius 1 is 0.415 bits per heavy atom. The van der Waals surface area contributed by atoms with Crippen molar-refractivity contribution in [2.45, 2.75) is 0 Å². The first-order valence-corrected chi connectivity index (χ1v) is 12.0. The zero-order valence-electron chi connectivity index (χ0n) is 43.3. The SMILES string of the molecule is [2H]c1c([2H])c([2H])c(N(c2c([2H])c([2H])c3c(c2[2H])c([2H])c([2H])c2c([2H])c4oc5c([2H])c([2H])c([2H])c([2H])c5c4c([2H])c23)c2c([2H])c([2H])c([2H])c3oc4c([2H])c([2H])c([2H])c([2H])c4c23)c([2H])c1[2H]. The standard InChI is InChI=1S/C38H23NO2/c1-2-9-26(10-3-1)39(33-13-8-16-36-38(33)30-12-5-7-15-35(30)40-36)27-19-20-28-24(21-27)17-18-25-22-37-32(23-31(25)28)29-11-4-6-14-34(29)41-37/h1-23H/i1D,2D,3D,4D,5D,6D,7D,8D,9D,10D,11D,12D,13D,14D,15D,16D,17D,18D,19D,20D,21D,22D,23D. The normalized spacial score (nSPS) is 19.8. The van der Waals surface area contributed by atoms with Crippen LogP contribution in [0.3, 0.4) is 0 Å². The second kappa shape index (κ2) is 8.48. The van der Waals surface area contributed by atoms with Gasteiger partial charge in [-0.15, -0.1) is 0 Å². The van der Waals surface area contributed by atoms with E-state index in [9.17, 15) is 8.22 Å². The Balaban J connectivity index is 1.55. The molecule has 0 radical (unpaired) electrons. The van der Waals surface area contributed by atoms with Crippen molar-refractivity contribution in [3.05, 3.63) is 139 Å². The molecular weight excluding hydrogens is 502 g/mol. The minimum atomic E-state index is -1.06. The van der Waals surface area contributed by atoms with Gasteiger partial charge in [-0.05, 0) is 82.0 Å². The predicted molar refractivity (Wildman–Crippen MR) is 171 cm³/mol. The number of rotatable bonds is 3. The number of hydrogen-bond donors (Lipinski definition) is 0. The van der Waals surface area contributed by atoms with Crippen LogP contribution in [-0.4, -0.2) is 0 Å². The summed E-state index contributed by atoms with van der Waals surface area (Å²) in [7, 11) is 0. The molecule has 192 valence electrons. The second-order valence-corrected chi connectivity index (χ2v) is 8.78. The van der Waals surface area contributed by atoms with E-state index < -0.39 is 211 Å². The van der Waals surface area contributed by atoms with E-state index in [1.807, 2.05) is 0 Å². The average Bonchev–Trinajstić information content (AvgIpc) is 3.87. The largest absolute Gasteiger partial charge is 0.456 e. The highest BCUT2D eigenvalue weighted by atomic mass is 16.3. The topological polar surface area (TPSA) is 29.5 Å². The van der Waals surface area contributed by atoms with Crippen LogP contribution in [0.15, 0.2) is 148 Å². The molecule has 0 aliphatic heterocycles. The fraction of sp³-hybridized carbons (Fsp3) is 0. The second-order valence-electron chi connectivity index (χ2n) is 8.78. The third-order valence-corrected chi connectivity index (χ3v) is 6.52. The third kappa shape index (κ3) is 3.33. The first kappa shape index (κ1) is 9.53. The molecular formula is C38H23NO2. The molecule has 2 heterocycles. The smallest absolute Gasteiger partial charge is 0.137 e. The number of benzene rings is 7. The number of fused-ring (bicyclic) bond motifs is 9. The lowest BCUT2D eigenvalue weighted by atomic mass is 9.99. The van der Waals surface area contributed by atoms with Crippen molar-refractivity contribution >= 4 is 82.5 Å². The van der Waals surface area contributed by atoms with Crippen LogP contribution in [0.25, 0.3) is 65.4 Å². The van der Waals surface area contributed by atoms with Crippen LogP contribution >= 0.6 is 0 Å². The van der Waals surface area contributed by atoms with Crippen molar-refractivity contribution in [1.29, 1.82) is 0 Å². The molecule has 0 fully saturated rings. The Bertz CT molecular complexity index is 3700. The van der Waals surface area contributed by atoms with Gasteiger partial charge in [0.25, 0.3) is 0 Å². The molecule has 0 N–H and O–H groups in total. The fourth-order valence-electron chi connectivity index (χ4n) is 4.79. The van der Waals surface area contributed by atoms with Gasteiger partial charge in [0.15, 0.2) is 0 Å². The molecule has 41 heavy (non-hydrogen) atoms.